The van der Waals surface area contributed by atoms with Crippen molar-refractivity contribution in [2.45, 2.75) is 12.8 Å². The average Bonchev–Trinajstić information content (AvgIpc) is 2.54. The number of para-hydroxylation sites is 1. The van der Waals surface area contributed by atoms with Crippen molar-refractivity contribution in [3.63, 3.8) is 0 Å². The molecule has 21 heavy (non-hydrogen) atoms. The van der Waals surface area contributed by atoms with Gasteiger partial charge in [0.1, 0.15) is 0 Å². The van der Waals surface area contributed by atoms with Crippen molar-refractivity contribution in [3.8, 4) is 0 Å². The number of piperidine rings is 1. The van der Waals surface area contributed by atoms with E-state index in [1.165, 1.54) is 0 Å². The average molecular weight is 286 g/mol. The molecule has 0 atom stereocenters. The topological polar surface area (TPSA) is 73.7 Å². The van der Waals surface area contributed by atoms with Crippen LogP contribution in [0.3, 0.4) is 0 Å². The number of rotatable bonds is 3. The fourth-order valence-electron chi connectivity index (χ4n) is 2.88. The lowest BCUT2D eigenvalue weighted by Crippen LogP contribution is -2.35. The molecule has 0 amide bonds. The molecule has 1 saturated heterocycles. The fourth-order valence-corrected chi connectivity index (χ4v) is 2.88. The molecule has 0 bridgehead atoms. The van der Waals surface area contributed by atoms with Crippen LogP contribution in [0.15, 0.2) is 30.3 Å². The van der Waals surface area contributed by atoms with E-state index in [-0.39, 0.29) is 12.3 Å². The number of carboxylic acid groups (broad SMARTS) is 1. The smallest absolute Gasteiger partial charge is 0.354 e. The molecule has 110 valence electrons. The number of anilines is 1. The first-order chi connectivity index (χ1) is 10.2. The van der Waals surface area contributed by atoms with E-state index < -0.39 is 5.97 Å². The Morgan fingerprint density at radius 2 is 2.00 bits per heavy atom. The number of fused-ring (bicyclic) bond motifs is 1. The van der Waals surface area contributed by atoms with E-state index in [1.54, 1.807) is 6.07 Å². The highest BCUT2D eigenvalue weighted by Crippen LogP contribution is 2.30. The Balaban J connectivity index is 2.02. The molecule has 0 unspecified atom stereocenters. The second-order valence-corrected chi connectivity index (χ2v) is 5.46. The Morgan fingerprint density at radius 3 is 2.67 bits per heavy atom. The van der Waals surface area contributed by atoms with Gasteiger partial charge >= 0.3 is 5.97 Å². The maximum Gasteiger partial charge on any atom is 0.354 e. The number of benzene rings is 1. The van der Waals surface area contributed by atoms with Crippen molar-refractivity contribution in [3.05, 3.63) is 36.0 Å². The van der Waals surface area contributed by atoms with Gasteiger partial charge in [0.15, 0.2) is 5.69 Å². The first-order valence-corrected chi connectivity index (χ1v) is 7.18. The SMILES string of the molecule is O=C(O)c1cc(N2CCC(CO)CC2)c2ccccc2n1. The van der Waals surface area contributed by atoms with E-state index in [9.17, 15) is 15.0 Å². The Morgan fingerprint density at radius 1 is 1.29 bits per heavy atom. The molecular weight excluding hydrogens is 268 g/mol. The second kappa shape index (κ2) is 5.69. The second-order valence-electron chi connectivity index (χ2n) is 5.46. The van der Waals surface area contributed by atoms with Gasteiger partial charge in [-0.05, 0) is 30.9 Å². The predicted molar refractivity (Wildman–Crippen MR) is 80.7 cm³/mol. The summed E-state index contributed by atoms with van der Waals surface area (Å²) in [6.45, 7) is 1.89. The zero-order valence-electron chi connectivity index (χ0n) is 11.7. The largest absolute Gasteiger partial charge is 0.477 e. The molecule has 1 aliphatic heterocycles. The van der Waals surface area contributed by atoms with Crippen LogP contribution in [0, 0.1) is 5.92 Å². The standard InChI is InChI=1S/C16H18N2O3/c19-10-11-5-7-18(8-6-11)15-9-14(16(20)21)17-13-4-2-1-3-12(13)15/h1-4,9,11,19H,5-8,10H2,(H,20,21). The Bertz CT molecular complexity index is 664. The van der Waals surface area contributed by atoms with Crippen LogP contribution in [0.1, 0.15) is 23.3 Å². The number of hydrogen-bond acceptors (Lipinski definition) is 4. The van der Waals surface area contributed by atoms with Gasteiger partial charge in [0.05, 0.1) is 5.52 Å². The zero-order valence-corrected chi connectivity index (χ0v) is 11.7. The minimum atomic E-state index is -1.01. The highest BCUT2D eigenvalue weighted by Gasteiger charge is 2.21. The van der Waals surface area contributed by atoms with Gasteiger partial charge in [-0.25, -0.2) is 9.78 Å². The highest BCUT2D eigenvalue weighted by atomic mass is 16.4. The number of aromatic carboxylic acids is 1. The molecule has 0 aliphatic carbocycles. The molecule has 0 spiro atoms. The normalized spacial score (nSPS) is 16.3. The van der Waals surface area contributed by atoms with Crippen molar-refractivity contribution in [1.82, 2.24) is 4.98 Å². The van der Waals surface area contributed by atoms with Crippen LogP contribution in [0.4, 0.5) is 5.69 Å². The van der Waals surface area contributed by atoms with E-state index in [0.29, 0.717) is 11.4 Å². The van der Waals surface area contributed by atoms with Crippen LogP contribution in [-0.4, -0.2) is 40.9 Å². The van der Waals surface area contributed by atoms with Gasteiger partial charge in [-0.2, -0.15) is 0 Å². The van der Waals surface area contributed by atoms with Crippen molar-refractivity contribution in [1.29, 1.82) is 0 Å². The van der Waals surface area contributed by atoms with Gasteiger partial charge in [0.25, 0.3) is 0 Å². The molecule has 5 nitrogen and oxygen atoms in total. The Kier molecular flexibility index (Phi) is 3.75. The summed E-state index contributed by atoms with van der Waals surface area (Å²) >= 11 is 0. The third kappa shape index (κ3) is 2.69. The van der Waals surface area contributed by atoms with Crippen LogP contribution in [0.2, 0.25) is 0 Å². The predicted octanol–water partition coefficient (Wildman–Crippen LogP) is 2.14. The summed E-state index contributed by atoms with van der Waals surface area (Å²) in [4.78, 5) is 17.7. The van der Waals surface area contributed by atoms with E-state index >= 15 is 0 Å². The van der Waals surface area contributed by atoms with E-state index in [1.807, 2.05) is 24.3 Å². The quantitative estimate of drug-likeness (QED) is 0.904. The Hall–Kier alpha value is -2.14. The highest BCUT2D eigenvalue weighted by molar-refractivity contribution is 5.97. The van der Waals surface area contributed by atoms with Crippen molar-refractivity contribution in [2.24, 2.45) is 5.92 Å². The van der Waals surface area contributed by atoms with Crippen LogP contribution >= 0.6 is 0 Å². The lowest BCUT2D eigenvalue weighted by Gasteiger charge is -2.33. The number of carboxylic acids is 1. The number of aromatic nitrogens is 1. The number of carbonyl (C=O) groups is 1. The summed E-state index contributed by atoms with van der Waals surface area (Å²) in [7, 11) is 0. The Labute approximate surface area is 122 Å². The van der Waals surface area contributed by atoms with Crippen molar-refractivity contribution < 1.29 is 15.0 Å². The molecule has 5 heteroatoms. The van der Waals surface area contributed by atoms with Crippen LogP contribution in [0.25, 0.3) is 10.9 Å². The lowest BCUT2D eigenvalue weighted by atomic mass is 9.97. The van der Waals surface area contributed by atoms with E-state index in [2.05, 4.69) is 9.88 Å². The fraction of sp³-hybridized carbons (Fsp3) is 0.375. The molecule has 0 radical (unpaired) electrons. The minimum absolute atomic E-state index is 0.0768. The summed E-state index contributed by atoms with van der Waals surface area (Å²) in [5, 5.41) is 19.4. The molecule has 2 heterocycles. The monoisotopic (exact) mass is 286 g/mol. The number of aliphatic hydroxyl groups excluding tert-OH is 1. The summed E-state index contributed by atoms with van der Waals surface area (Å²) in [5.74, 6) is -0.652. The molecule has 1 aromatic carbocycles. The first-order valence-electron chi connectivity index (χ1n) is 7.18. The summed E-state index contributed by atoms with van der Waals surface area (Å²) in [5.41, 5.74) is 1.71. The van der Waals surface area contributed by atoms with Gasteiger partial charge in [-0.3, -0.25) is 0 Å². The van der Waals surface area contributed by atoms with Crippen LogP contribution in [0.5, 0.6) is 0 Å². The van der Waals surface area contributed by atoms with Gasteiger partial charge < -0.3 is 15.1 Å². The van der Waals surface area contributed by atoms with Gasteiger partial charge in [0.2, 0.25) is 0 Å². The minimum Gasteiger partial charge on any atom is -0.477 e. The maximum absolute atomic E-state index is 11.3. The molecule has 0 saturated carbocycles. The van der Waals surface area contributed by atoms with E-state index in [4.69, 9.17) is 0 Å². The summed E-state index contributed by atoms with van der Waals surface area (Å²) in [6.07, 6.45) is 1.85. The lowest BCUT2D eigenvalue weighted by molar-refractivity contribution is 0.0691. The molecule has 1 fully saturated rings. The third-order valence-corrected chi connectivity index (χ3v) is 4.13. The first kappa shape index (κ1) is 13.8. The number of hydrogen-bond donors (Lipinski definition) is 2. The summed E-state index contributed by atoms with van der Waals surface area (Å²) < 4.78 is 0. The summed E-state index contributed by atoms with van der Waals surface area (Å²) in [6, 6.07) is 9.27. The van der Waals surface area contributed by atoms with Crippen molar-refractivity contribution >= 4 is 22.6 Å². The molecular formula is C16H18N2O3. The molecule has 1 aliphatic rings. The van der Waals surface area contributed by atoms with Gasteiger partial charge in [0, 0.05) is 30.8 Å². The van der Waals surface area contributed by atoms with Crippen LogP contribution in [-0.2, 0) is 0 Å². The maximum atomic E-state index is 11.3. The van der Waals surface area contributed by atoms with Crippen LogP contribution < -0.4 is 4.90 Å². The van der Waals surface area contributed by atoms with Crippen molar-refractivity contribution in [2.75, 3.05) is 24.6 Å². The van der Waals surface area contributed by atoms with Gasteiger partial charge in [-0.1, -0.05) is 18.2 Å². The number of pyridine rings is 1. The van der Waals surface area contributed by atoms with Gasteiger partial charge in [-0.15, -0.1) is 0 Å². The molecule has 2 aromatic rings. The number of nitrogens with zero attached hydrogens (tertiary/aromatic N) is 2. The third-order valence-electron chi connectivity index (χ3n) is 4.13. The number of aliphatic hydroxyl groups is 1. The molecule has 3 rings (SSSR count). The van der Waals surface area contributed by atoms with E-state index in [0.717, 1.165) is 37.0 Å². The molecule has 1 aromatic heterocycles. The zero-order chi connectivity index (χ0) is 14.8. The molecule has 2 N–H and O–H groups in total.